The second-order valence-electron chi connectivity index (χ2n) is 9.53. The van der Waals surface area contributed by atoms with Crippen LogP contribution in [0.3, 0.4) is 0 Å². The summed E-state index contributed by atoms with van der Waals surface area (Å²) in [6.45, 7) is 0.458. The lowest BCUT2D eigenvalue weighted by atomic mass is 10.0. The molecule has 2 atom stereocenters. The molecule has 0 spiro atoms. The minimum absolute atomic E-state index is 0.135. The molecule has 5 rings (SSSR count). The Bertz CT molecular complexity index is 1230. The van der Waals surface area contributed by atoms with Gasteiger partial charge in [0.1, 0.15) is 12.1 Å². The molecule has 2 heterocycles. The largest absolute Gasteiger partial charge is 0.335 e. The Morgan fingerprint density at radius 3 is 2.35 bits per heavy atom. The minimum atomic E-state index is -0.874. The zero-order valence-electron chi connectivity index (χ0n) is 20.6. The van der Waals surface area contributed by atoms with Crippen LogP contribution in [-0.2, 0) is 9.59 Å². The van der Waals surface area contributed by atoms with Gasteiger partial charge in [-0.25, -0.2) is 9.78 Å². The first-order valence-electron chi connectivity index (χ1n) is 12.8. The number of likely N-dealkylation sites (tertiary alicyclic amines) is 1. The number of amides is 4. The molecule has 1 aromatic heterocycles. The molecule has 2 fully saturated rings. The van der Waals surface area contributed by atoms with Crippen molar-refractivity contribution in [3.05, 3.63) is 71.6 Å². The molecule has 2 aromatic carbocycles. The number of anilines is 1. The number of hydrogen-bond acceptors (Lipinski definition) is 5. The standard InChI is InChI=1S/C28H31N5O3S/c34-25(32-28-30-22(18-37-28)19-10-3-1-4-11-19)23-16-9-17-33(23)26(35)24(20-12-5-2-6-13-20)31-27(36)29-21-14-7-8-15-21/h1-6,10-13,18,21,23-24H,7-9,14-17H2,(H2,29,31,36)(H,30,32,34)/t23-,24+/m0/s1. The summed E-state index contributed by atoms with van der Waals surface area (Å²) in [6.07, 6.45) is 5.38. The number of carbonyl (C=O) groups excluding carboxylic acids is 3. The van der Waals surface area contributed by atoms with E-state index in [0.29, 0.717) is 30.1 Å². The Labute approximate surface area is 220 Å². The van der Waals surface area contributed by atoms with Crippen LogP contribution in [0, 0.1) is 0 Å². The number of aromatic nitrogens is 1. The van der Waals surface area contributed by atoms with Gasteiger partial charge in [0.15, 0.2) is 5.13 Å². The highest BCUT2D eigenvalue weighted by Crippen LogP contribution is 2.28. The minimum Gasteiger partial charge on any atom is -0.335 e. The van der Waals surface area contributed by atoms with Crippen molar-refractivity contribution in [1.82, 2.24) is 20.5 Å². The average Bonchev–Trinajstić information content (AvgIpc) is 3.70. The maximum absolute atomic E-state index is 13.8. The molecule has 3 aromatic rings. The molecule has 0 bridgehead atoms. The third-order valence-corrected chi connectivity index (χ3v) is 7.75. The number of nitrogens with one attached hydrogen (secondary N) is 3. The van der Waals surface area contributed by atoms with Gasteiger partial charge in [-0.05, 0) is 31.2 Å². The van der Waals surface area contributed by atoms with Gasteiger partial charge < -0.3 is 20.9 Å². The third-order valence-electron chi connectivity index (χ3n) is 6.99. The van der Waals surface area contributed by atoms with E-state index >= 15 is 0 Å². The molecule has 1 saturated carbocycles. The summed E-state index contributed by atoms with van der Waals surface area (Å²) < 4.78 is 0. The maximum Gasteiger partial charge on any atom is 0.315 e. The maximum atomic E-state index is 13.8. The molecule has 3 N–H and O–H groups in total. The van der Waals surface area contributed by atoms with Crippen molar-refractivity contribution < 1.29 is 14.4 Å². The molecule has 192 valence electrons. The van der Waals surface area contributed by atoms with Gasteiger partial charge in [0, 0.05) is 23.5 Å². The van der Waals surface area contributed by atoms with E-state index in [1.54, 1.807) is 4.90 Å². The van der Waals surface area contributed by atoms with Gasteiger partial charge in [0.25, 0.3) is 5.91 Å². The van der Waals surface area contributed by atoms with Gasteiger partial charge in [0.05, 0.1) is 5.69 Å². The molecule has 0 radical (unpaired) electrons. The van der Waals surface area contributed by atoms with E-state index in [2.05, 4.69) is 20.9 Å². The summed E-state index contributed by atoms with van der Waals surface area (Å²) in [7, 11) is 0. The lowest BCUT2D eigenvalue weighted by molar-refractivity contribution is -0.138. The average molecular weight is 518 g/mol. The van der Waals surface area contributed by atoms with Crippen molar-refractivity contribution in [2.75, 3.05) is 11.9 Å². The highest BCUT2D eigenvalue weighted by Gasteiger charge is 2.38. The molecule has 0 unspecified atom stereocenters. The first-order valence-corrected chi connectivity index (χ1v) is 13.7. The zero-order valence-corrected chi connectivity index (χ0v) is 21.4. The SMILES string of the molecule is O=C(NC1CCCC1)N[C@@H](C(=O)N1CCC[C@H]1C(=O)Nc1nc(-c2ccccc2)cs1)c1ccccc1. The molecule has 9 heteroatoms. The van der Waals surface area contributed by atoms with E-state index in [1.807, 2.05) is 66.0 Å². The van der Waals surface area contributed by atoms with Crippen LogP contribution in [0.1, 0.15) is 50.1 Å². The number of nitrogens with zero attached hydrogens (tertiary/aromatic N) is 2. The lowest BCUT2D eigenvalue weighted by Gasteiger charge is -2.29. The third kappa shape index (κ3) is 5.99. The summed E-state index contributed by atoms with van der Waals surface area (Å²) >= 11 is 1.36. The number of hydrogen-bond donors (Lipinski definition) is 3. The van der Waals surface area contributed by atoms with E-state index < -0.39 is 12.1 Å². The van der Waals surface area contributed by atoms with Crippen molar-refractivity contribution in [1.29, 1.82) is 0 Å². The van der Waals surface area contributed by atoms with Crippen molar-refractivity contribution in [3.63, 3.8) is 0 Å². The molecule has 4 amide bonds. The van der Waals surface area contributed by atoms with Crippen LogP contribution in [-0.4, -0.2) is 46.4 Å². The number of urea groups is 1. The van der Waals surface area contributed by atoms with E-state index in [4.69, 9.17) is 0 Å². The highest BCUT2D eigenvalue weighted by atomic mass is 32.1. The predicted molar refractivity (Wildman–Crippen MR) is 144 cm³/mol. The van der Waals surface area contributed by atoms with E-state index in [1.165, 1.54) is 11.3 Å². The smallest absolute Gasteiger partial charge is 0.315 e. The Morgan fingerprint density at radius 2 is 1.62 bits per heavy atom. The van der Waals surface area contributed by atoms with Gasteiger partial charge in [-0.15, -0.1) is 11.3 Å². The summed E-state index contributed by atoms with van der Waals surface area (Å²) in [6, 6.07) is 17.3. The molecule has 1 aliphatic heterocycles. The van der Waals surface area contributed by atoms with Gasteiger partial charge in [-0.3, -0.25) is 9.59 Å². The molecule has 37 heavy (non-hydrogen) atoms. The fourth-order valence-corrected chi connectivity index (χ4v) is 5.81. The summed E-state index contributed by atoms with van der Waals surface area (Å²) in [5, 5.41) is 11.2. The molecule has 2 aliphatic rings. The summed E-state index contributed by atoms with van der Waals surface area (Å²) in [4.78, 5) is 46.0. The second kappa shape index (κ2) is 11.6. The van der Waals surface area contributed by atoms with Gasteiger partial charge in [0.2, 0.25) is 5.91 Å². The number of rotatable bonds is 7. The number of benzene rings is 2. The van der Waals surface area contributed by atoms with E-state index in [0.717, 1.165) is 36.9 Å². The molecule has 8 nitrogen and oxygen atoms in total. The van der Waals surface area contributed by atoms with Crippen LogP contribution in [0.5, 0.6) is 0 Å². The van der Waals surface area contributed by atoms with Gasteiger partial charge >= 0.3 is 6.03 Å². The van der Waals surface area contributed by atoms with Crippen LogP contribution in [0.25, 0.3) is 11.3 Å². The van der Waals surface area contributed by atoms with Crippen molar-refractivity contribution in [2.45, 2.75) is 56.7 Å². The fourth-order valence-electron chi connectivity index (χ4n) is 5.09. The Hall–Kier alpha value is -3.72. The first kappa shape index (κ1) is 25.0. The van der Waals surface area contributed by atoms with Gasteiger partial charge in [-0.2, -0.15) is 0 Å². The Morgan fingerprint density at radius 1 is 0.919 bits per heavy atom. The highest BCUT2D eigenvalue weighted by molar-refractivity contribution is 7.14. The normalized spacial score (nSPS) is 18.4. The lowest BCUT2D eigenvalue weighted by Crippen LogP contribution is -2.51. The van der Waals surface area contributed by atoms with E-state index in [-0.39, 0.29) is 23.9 Å². The summed E-state index contributed by atoms with van der Waals surface area (Å²) in [5.41, 5.74) is 2.46. The first-order chi connectivity index (χ1) is 18.1. The number of thiazole rings is 1. The monoisotopic (exact) mass is 517 g/mol. The van der Waals surface area contributed by atoms with Crippen LogP contribution in [0.4, 0.5) is 9.93 Å². The Balaban J connectivity index is 1.28. The number of carbonyl (C=O) groups is 3. The van der Waals surface area contributed by atoms with Crippen molar-refractivity contribution >= 4 is 34.3 Å². The van der Waals surface area contributed by atoms with Crippen molar-refractivity contribution in [2.24, 2.45) is 0 Å². The Kier molecular flexibility index (Phi) is 7.79. The predicted octanol–water partition coefficient (Wildman–Crippen LogP) is 4.72. The molecule has 1 aliphatic carbocycles. The second-order valence-corrected chi connectivity index (χ2v) is 10.4. The van der Waals surface area contributed by atoms with Crippen LogP contribution >= 0.6 is 11.3 Å². The molecule has 1 saturated heterocycles. The topological polar surface area (TPSA) is 103 Å². The van der Waals surface area contributed by atoms with Gasteiger partial charge in [-0.1, -0.05) is 73.5 Å². The fraction of sp³-hybridized carbons (Fsp3) is 0.357. The van der Waals surface area contributed by atoms with Crippen LogP contribution < -0.4 is 16.0 Å². The molecular weight excluding hydrogens is 486 g/mol. The summed E-state index contributed by atoms with van der Waals surface area (Å²) in [5.74, 6) is -0.545. The quantitative estimate of drug-likeness (QED) is 0.422. The van der Waals surface area contributed by atoms with Crippen LogP contribution in [0.2, 0.25) is 0 Å². The van der Waals surface area contributed by atoms with Crippen molar-refractivity contribution in [3.8, 4) is 11.3 Å². The molecular formula is C28H31N5O3S. The van der Waals surface area contributed by atoms with E-state index in [9.17, 15) is 14.4 Å². The zero-order chi connectivity index (χ0) is 25.6. The van der Waals surface area contributed by atoms with Crippen LogP contribution in [0.15, 0.2) is 66.0 Å².